The fourth-order valence-electron chi connectivity index (χ4n) is 1.76. The molecule has 0 spiro atoms. The predicted octanol–water partition coefficient (Wildman–Crippen LogP) is -1.87. The summed E-state index contributed by atoms with van der Waals surface area (Å²) in [5.41, 5.74) is -0.255. The van der Waals surface area contributed by atoms with E-state index in [0.29, 0.717) is 0 Å². The smallest absolute Gasteiger partial charge is 0.324 e. The maximum Gasteiger partial charge on any atom is 0.339 e. The SMILES string of the molecule is O=C1N=c2cc([N+](=O)[O-])cc(CNCP(=O)(O)O)c2=NC1=O. The highest BCUT2D eigenvalue weighted by molar-refractivity contribution is 7.51. The summed E-state index contributed by atoms with van der Waals surface area (Å²) in [7, 11) is -4.30. The fraction of sp³-hybridized carbons (Fsp3) is 0.200. The number of non-ortho nitro benzene ring substituents is 1. The first-order valence-corrected chi connectivity index (χ1v) is 7.55. The number of nitro benzene ring substituents is 1. The Hall–Kier alpha value is -2.33. The van der Waals surface area contributed by atoms with E-state index in [-0.39, 0.29) is 28.5 Å². The second-order valence-electron chi connectivity index (χ2n) is 4.31. The van der Waals surface area contributed by atoms with E-state index < -0.39 is 30.6 Å². The van der Waals surface area contributed by atoms with Crippen LogP contribution in [0.5, 0.6) is 0 Å². The Morgan fingerprint density at radius 1 is 1.23 bits per heavy atom. The Balaban J connectivity index is 2.49. The summed E-state index contributed by atoms with van der Waals surface area (Å²) >= 11 is 0. The maximum atomic E-state index is 11.3. The normalized spacial score (nSPS) is 14.1. The molecule has 0 radical (unpaired) electrons. The Morgan fingerprint density at radius 3 is 2.45 bits per heavy atom. The van der Waals surface area contributed by atoms with Crippen molar-refractivity contribution in [3.8, 4) is 0 Å². The molecule has 0 saturated heterocycles. The minimum Gasteiger partial charge on any atom is -0.324 e. The molecule has 2 amide bonds. The molecule has 22 heavy (non-hydrogen) atoms. The highest BCUT2D eigenvalue weighted by atomic mass is 31.2. The lowest BCUT2D eigenvalue weighted by atomic mass is 10.1. The predicted molar refractivity (Wildman–Crippen MR) is 69.2 cm³/mol. The summed E-state index contributed by atoms with van der Waals surface area (Å²) < 4.78 is 10.8. The van der Waals surface area contributed by atoms with E-state index in [0.717, 1.165) is 12.1 Å². The third kappa shape index (κ3) is 3.65. The van der Waals surface area contributed by atoms with Crippen LogP contribution in [0.15, 0.2) is 22.1 Å². The molecule has 2 rings (SSSR count). The van der Waals surface area contributed by atoms with Crippen molar-refractivity contribution in [3.05, 3.63) is 38.5 Å². The molecule has 3 N–H and O–H groups in total. The van der Waals surface area contributed by atoms with E-state index in [1.165, 1.54) is 0 Å². The van der Waals surface area contributed by atoms with Crippen LogP contribution in [0.1, 0.15) is 5.56 Å². The Bertz CT molecular complexity index is 844. The van der Waals surface area contributed by atoms with E-state index in [1.807, 2.05) is 0 Å². The molecule has 1 heterocycles. The van der Waals surface area contributed by atoms with Crippen molar-refractivity contribution in [1.29, 1.82) is 0 Å². The lowest BCUT2D eigenvalue weighted by Gasteiger charge is -2.08. The summed E-state index contributed by atoms with van der Waals surface area (Å²) in [5, 5.41) is 13.1. The first-order valence-electron chi connectivity index (χ1n) is 5.76. The van der Waals surface area contributed by atoms with Crippen molar-refractivity contribution < 1.29 is 28.9 Å². The van der Waals surface area contributed by atoms with Gasteiger partial charge in [0.1, 0.15) is 5.36 Å². The molecule has 0 aromatic heterocycles. The molecule has 0 aliphatic carbocycles. The second-order valence-corrected chi connectivity index (χ2v) is 5.96. The average molecular weight is 328 g/mol. The summed E-state index contributed by atoms with van der Waals surface area (Å²) in [6, 6.07) is 2.09. The van der Waals surface area contributed by atoms with Crippen molar-refractivity contribution in [2.24, 2.45) is 9.98 Å². The molecule has 0 bridgehead atoms. The Morgan fingerprint density at radius 2 is 1.86 bits per heavy atom. The van der Waals surface area contributed by atoms with Gasteiger partial charge in [0.25, 0.3) is 5.69 Å². The van der Waals surface area contributed by atoms with E-state index in [4.69, 9.17) is 9.79 Å². The zero-order valence-electron chi connectivity index (χ0n) is 10.8. The number of rotatable bonds is 5. The van der Waals surface area contributed by atoms with Crippen molar-refractivity contribution >= 4 is 25.1 Å². The standard InChI is InChI=1S/C10H9N4O7P/c15-9-10(16)13-8-5(3-11-4-22(19,20)21)1-6(14(17)18)2-7(8)12-9/h1-2,11H,3-4H2,(H2,19,20,21). The van der Waals surface area contributed by atoms with Gasteiger partial charge < -0.3 is 15.1 Å². The molecule has 12 heteroatoms. The summed E-state index contributed by atoms with van der Waals surface area (Å²) in [5.74, 6) is -2.25. The largest absolute Gasteiger partial charge is 0.339 e. The topological polar surface area (TPSA) is 172 Å². The molecule has 1 aromatic carbocycles. The number of benzene rings is 1. The molecular formula is C10H9N4O7P. The number of carbonyl (C=O) groups is 2. The van der Waals surface area contributed by atoms with E-state index >= 15 is 0 Å². The van der Waals surface area contributed by atoms with Gasteiger partial charge in [-0.3, -0.25) is 24.3 Å². The molecule has 116 valence electrons. The Labute approximate surface area is 121 Å². The van der Waals surface area contributed by atoms with Crippen LogP contribution in [-0.2, 0) is 20.7 Å². The zero-order chi connectivity index (χ0) is 16.5. The van der Waals surface area contributed by atoms with Gasteiger partial charge in [0.2, 0.25) is 0 Å². The van der Waals surface area contributed by atoms with Crippen molar-refractivity contribution in [1.82, 2.24) is 5.32 Å². The van der Waals surface area contributed by atoms with Crippen LogP contribution in [0.2, 0.25) is 0 Å². The zero-order valence-corrected chi connectivity index (χ0v) is 11.7. The molecule has 0 unspecified atom stereocenters. The number of carbonyl (C=O) groups excluding carboxylic acids is 2. The van der Waals surface area contributed by atoms with Crippen LogP contribution in [0, 0.1) is 10.1 Å². The number of hydrogen-bond acceptors (Lipinski definition) is 6. The van der Waals surface area contributed by atoms with Gasteiger partial charge in [0.05, 0.1) is 16.6 Å². The maximum absolute atomic E-state index is 11.3. The fourth-order valence-corrected chi connectivity index (χ4v) is 2.16. The molecule has 1 aromatic rings. The van der Waals surface area contributed by atoms with Crippen LogP contribution in [-0.4, -0.2) is 32.8 Å². The van der Waals surface area contributed by atoms with Gasteiger partial charge in [0.15, 0.2) is 0 Å². The molecule has 1 aliphatic heterocycles. The molecule has 0 saturated carbocycles. The van der Waals surface area contributed by atoms with Crippen LogP contribution in [0.4, 0.5) is 5.69 Å². The number of fused-ring (bicyclic) bond motifs is 1. The summed E-state index contributed by atoms with van der Waals surface area (Å²) in [6.45, 7) is -0.199. The van der Waals surface area contributed by atoms with Crippen LogP contribution >= 0.6 is 7.60 Å². The van der Waals surface area contributed by atoms with E-state index in [2.05, 4.69) is 15.3 Å². The van der Waals surface area contributed by atoms with Gasteiger partial charge in [-0.05, 0) is 0 Å². The average Bonchev–Trinajstić information content (AvgIpc) is 2.38. The number of nitrogens with one attached hydrogen (secondary N) is 1. The third-order valence-corrected chi connectivity index (χ3v) is 3.25. The highest BCUT2D eigenvalue weighted by Gasteiger charge is 2.20. The van der Waals surface area contributed by atoms with Gasteiger partial charge in [-0.15, -0.1) is 0 Å². The lowest BCUT2D eigenvalue weighted by Crippen LogP contribution is -2.38. The minimum atomic E-state index is -4.30. The number of amides is 2. The molecule has 11 nitrogen and oxygen atoms in total. The molecular weight excluding hydrogens is 319 g/mol. The summed E-state index contributed by atoms with van der Waals surface area (Å²) in [6.07, 6.45) is -0.658. The van der Waals surface area contributed by atoms with Gasteiger partial charge in [0, 0.05) is 24.2 Å². The molecule has 1 aliphatic rings. The van der Waals surface area contributed by atoms with Gasteiger partial charge in [-0.1, -0.05) is 0 Å². The van der Waals surface area contributed by atoms with E-state index in [1.54, 1.807) is 0 Å². The third-order valence-electron chi connectivity index (χ3n) is 2.62. The first kappa shape index (κ1) is 16.0. The highest BCUT2D eigenvalue weighted by Crippen LogP contribution is 2.31. The van der Waals surface area contributed by atoms with Gasteiger partial charge >= 0.3 is 19.4 Å². The second kappa shape index (κ2) is 5.81. The molecule has 0 fully saturated rings. The van der Waals surface area contributed by atoms with Crippen LogP contribution in [0.3, 0.4) is 0 Å². The first-order chi connectivity index (χ1) is 10.2. The molecule has 0 atom stereocenters. The monoisotopic (exact) mass is 328 g/mol. The quantitative estimate of drug-likeness (QED) is 0.244. The van der Waals surface area contributed by atoms with Crippen molar-refractivity contribution in [3.63, 3.8) is 0 Å². The minimum absolute atomic E-state index is 0.0339. The Kier molecular flexibility index (Phi) is 4.24. The van der Waals surface area contributed by atoms with Crippen LogP contribution in [0.25, 0.3) is 0 Å². The van der Waals surface area contributed by atoms with Crippen molar-refractivity contribution in [2.75, 3.05) is 6.29 Å². The number of nitrogens with zero attached hydrogens (tertiary/aromatic N) is 3. The summed E-state index contributed by atoms with van der Waals surface area (Å²) in [4.78, 5) is 57.0. The van der Waals surface area contributed by atoms with E-state index in [9.17, 15) is 24.3 Å². The van der Waals surface area contributed by atoms with Crippen molar-refractivity contribution in [2.45, 2.75) is 6.54 Å². The number of hydrogen-bond donors (Lipinski definition) is 3. The number of nitro groups is 1. The lowest BCUT2D eigenvalue weighted by molar-refractivity contribution is -0.385. The van der Waals surface area contributed by atoms with Gasteiger partial charge in [-0.25, -0.2) is 9.98 Å². The van der Waals surface area contributed by atoms with Crippen LogP contribution < -0.4 is 16.0 Å². The van der Waals surface area contributed by atoms with Gasteiger partial charge in [-0.2, -0.15) is 0 Å².